The first-order chi connectivity index (χ1) is 27.1. The fourth-order valence-corrected chi connectivity index (χ4v) is 5.38. The summed E-state index contributed by atoms with van der Waals surface area (Å²) in [5.74, 6) is -2.71. The molecule has 0 bridgehead atoms. The molecule has 0 aliphatic heterocycles. The van der Waals surface area contributed by atoms with E-state index in [0.29, 0.717) is 45.2 Å². The summed E-state index contributed by atoms with van der Waals surface area (Å²) in [4.78, 5) is 79.6. The van der Waals surface area contributed by atoms with E-state index in [9.17, 15) is 33.6 Å². The number of nitrogens with one attached hydrogen (secondary N) is 4. The van der Waals surface area contributed by atoms with Gasteiger partial charge < -0.3 is 55.2 Å². The van der Waals surface area contributed by atoms with Gasteiger partial charge in [-0.25, -0.2) is 0 Å². The van der Waals surface area contributed by atoms with Crippen molar-refractivity contribution in [1.29, 1.82) is 0 Å². The van der Waals surface area contributed by atoms with Crippen LogP contribution in [0.3, 0.4) is 0 Å². The van der Waals surface area contributed by atoms with Crippen LogP contribution in [0.15, 0.2) is 0 Å². The Morgan fingerprint density at radius 2 is 0.821 bits per heavy atom. The first-order valence-electron chi connectivity index (χ1n) is 20.4. The zero-order chi connectivity index (χ0) is 41.3. The molecule has 0 aromatic heterocycles. The Hall–Kier alpha value is -3.67. The average molecular weight is 803 g/mol. The number of ether oxygens (including phenoxy) is 4. The minimum Gasteiger partial charge on any atom is -0.481 e. The molecule has 4 amide bonds. The summed E-state index contributed by atoms with van der Waals surface area (Å²) in [6.45, 7) is 1.90. The van der Waals surface area contributed by atoms with E-state index < -0.39 is 23.9 Å². The Morgan fingerprint density at radius 3 is 1.30 bits per heavy atom. The summed E-state index contributed by atoms with van der Waals surface area (Å²) in [6, 6.07) is -0.885. The van der Waals surface area contributed by atoms with Crippen molar-refractivity contribution in [2.24, 2.45) is 0 Å². The molecular formula is C39H70N4O13. The fourth-order valence-electron chi connectivity index (χ4n) is 5.38. The van der Waals surface area contributed by atoms with Crippen LogP contribution >= 0.6 is 0 Å². The second-order valence-electron chi connectivity index (χ2n) is 13.6. The van der Waals surface area contributed by atoms with Gasteiger partial charge in [-0.05, 0) is 25.7 Å². The van der Waals surface area contributed by atoms with E-state index in [-0.39, 0.29) is 89.8 Å². The molecule has 0 spiro atoms. The van der Waals surface area contributed by atoms with E-state index in [1.54, 1.807) is 0 Å². The van der Waals surface area contributed by atoms with Crippen LogP contribution in [0, 0.1) is 0 Å². The number of amides is 4. The summed E-state index contributed by atoms with van der Waals surface area (Å²) >= 11 is 0. The molecule has 1 atom stereocenters. The molecule has 0 aromatic rings. The predicted octanol–water partition coefficient (Wildman–Crippen LogP) is 3.06. The lowest BCUT2D eigenvalue weighted by Gasteiger charge is -2.12. The van der Waals surface area contributed by atoms with Gasteiger partial charge in [-0.1, -0.05) is 77.0 Å². The van der Waals surface area contributed by atoms with Crippen molar-refractivity contribution >= 4 is 41.9 Å². The number of carbonyl (C=O) groups is 7. The third-order valence-electron chi connectivity index (χ3n) is 8.47. The minimum atomic E-state index is -1.06. The quantitative estimate of drug-likeness (QED) is 0.0385. The molecule has 0 radical (unpaired) electrons. The number of aliphatic carboxylic acids is 2. The zero-order valence-corrected chi connectivity index (χ0v) is 33.5. The number of aldehydes is 1. The Morgan fingerprint density at radius 1 is 0.429 bits per heavy atom. The molecule has 0 heterocycles. The SMILES string of the molecule is O=C[C@H](CCC(=O)O)NC(=O)COCCOCCNC(=O)COCCOCCNC(=O)CCCNC(=O)CCCCCCCCCCCCCCCCC(=O)O. The normalized spacial score (nSPS) is 11.4. The molecule has 0 aromatic carbocycles. The minimum absolute atomic E-state index is 0.000742. The molecule has 17 heteroatoms. The van der Waals surface area contributed by atoms with Gasteiger partial charge >= 0.3 is 11.9 Å². The maximum absolute atomic E-state index is 12.1. The highest BCUT2D eigenvalue weighted by Crippen LogP contribution is 2.14. The van der Waals surface area contributed by atoms with E-state index in [1.165, 1.54) is 51.4 Å². The second kappa shape index (κ2) is 39.6. The van der Waals surface area contributed by atoms with Crippen molar-refractivity contribution in [2.75, 3.05) is 72.5 Å². The van der Waals surface area contributed by atoms with Crippen LogP contribution < -0.4 is 21.3 Å². The van der Waals surface area contributed by atoms with Gasteiger partial charge in [-0.3, -0.25) is 28.8 Å². The van der Waals surface area contributed by atoms with Crippen molar-refractivity contribution in [3.8, 4) is 0 Å². The molecule has 0 saturated heterocycles. The van der Waals surface area contributed by atoms with Crippen LogP contribution in [0.25, 0.3) is 0 Å². The number of carbonyl (C=O) groups excluding carboxylic acids is 5. The fraction of sp³-hybridized carbons (Fsp3) is 0.821. The van der Waals surface area contributed by atoms with Gasteiger partial charge in [0.25, 0.3) is 0 Å². The monoisotopic (exact) mass is 802 g/mol. The van der Waals surface area contributed by atoms with E-state index in [0.717, 1.165) is 38.5 Å². The lowest BCUT2D eigenvalue weighted by molar-refractivity contribution is -0.138. The lowest BCUT2D eigenvalue weighted by Crippen LogP contribution is -2.38. The molecule has 0 rings (SSSR count). The largest absolute Gasteiger partial charge is 0.481 e. The highest BCUT2D eigenvalue weighted by atomic mass is 16.5. The first kappa shape index (κ1) is 52.3. The average Bonchev–Trinajstić information content (AvgIpc) is 3.16. The number of rotatable bonds is 42. The van der Waals surface area contributed by atoms with Gasteiger partial charge in [0.15, 0.2) is 0 Å². The molecular weight excluding hydrogens is 732 g/mol. The molecule has 56 heavy (non-hydrogen) atoms. The van der Waals surface area contributed by atoms with Gasteiger partial charge in [0.1, 0.15) is 19.5 Å². The van der Waals surface area contributed by atoms with Crippen LogP contribution in [0.2, 0.25) is 0 Å². The van der Waals surface area contributed by atoms with Crippen molar-refractivity contribution in [1.82, 2.24) is 21.3 Å². The second-order valence-corrected chi connectivity index (χ2v) is 13.6. The van der Waals surface area contributed by atoms with Crippen LogP contribution in [0.1, 0.15) is 128 Å². The molecule has 0 fully saturated rings. The van der Waals surface area contributed by atoms with E-state index in [2.05, 4.69) is 21.3 Å². The standard InChI is InChI=1S/C39H70N4O13/c44-30-33(19-20-39(51)52)43-37(48)32-56-29-27-54-25-23-42-36(47)31-55-28-26-53-24-22-41-35(46)17-15-21-40-34(45)16-13-11-9-7-5-3-1-2-4-6-8-10-12-14-18-38(49)50/h30,33H,1-29,31-32H2,(H,40,45)(H,41,46)(H,42,47)(H,43,48)(H,49,50)(H,51,52)/t33-/m0/s1. The first-order valence-corrected chi connectivity index (χ1v) is 20.4. The predicted molar refractivity (Wildman–Crippen MR) is 208 cm³/mol. The zero-order valence-electron chi connectivity index (χ0n) is 33.5. The summed E-state index contributed by atoms with van der Waals surface area (Å²) in [5, 5.41) is 27.9. The highest BCUT2D eigenvalue weighted by Gasteiger charge is 2.13. The maximum Gasteiger partial charge on any atom is 0.303 e. The van der Waals surface area contributed by atoms with E-state index >= 15 is 0 Å². The Labute approximate surface area is 332 Å². The number of hydrogen-bond donors (Lipinski definition) is 6. The summed E-state index contributed by atoms with van der Waals surface area (Å²) < 4.78 is 21.1. The van der Waals surface area contributed by atoms with E-state index in [1.807, 2.05) is 0 Å². The van der Waals surface area contributed by atoms with Crippen molar-refractivity contribution in [3.05, 3.63) is 0 Å². The summed E-state index contributed by atoms with van der Waals surface area (Å²) in [7, 11) is 0. The number of carboxylic acids is 2. The van der Waals surface area contributed by atoms with Crippen molar-refractivity contribution in [2.45, 2.75) is 134 Å². The molecule has 324 valence electrons. The number of hydrogen-bond acceptors (Lipinski definition) is 11. The van der Waals surface area contributed by atoms with Crippen LogP contribution in [0.4, 0.5) is 0 Å². The maximum atomic E-state index is 12.1. The molecule has 0 unspecified atom stereocenters. The Balaban J connectivity index is 3.43. The highest BCUT2D eigenvalue weighted by molar-refractivity contribution is 5.81. The Kier molecular flexibility index (Phi) is 37.0. The topological polar surface area (TPSA) is 245 Å². The lowest BCUT2D eigenvalue weighted by atomic mass is 10.0. The van der Waals surface area contributed by atoms with Crippen LogP contribution in [-0.2, 0) is 52.5 Å². The van der Waals surface area contributed by atoms with Crippen molar-refractivity contribution < 1.29 is 62.7 Å². The molecule has 0 saturated carbocycles. The van der Waals surface area contributed by atoms with Gasteiger partial charge in [-0.15, -0.1) is 0 Å². The molecule has 6 N–H and O–H groups in total. The van der Waals surface area contributed by atoms with Crippen LogP contribution in [-0.4, -0.2) is 131 Å². The van der Waals surface area contributed by atoms with Gasteiger partial charge in [0.2, 0.25) is 23.6 Å². The molecule has 17 nitrogen and oxygen atoms in total. The molecule has 0 aliphatic carbocycles. The van der Waals surface area contributed by atoms with E-state index in [4.69, 9.17) is 29.2 Å². The van der Waals surface area contributed by atoms with Gasteiger partial charge in [-0.2, -0.15) is 0 Å². The third-order valence-corrected chi connectivity index (χ3v) is 8.47. The smallest absolute Gasteiger partial charge is 0.303 e. The number of unbranched alkanes of at least 4 members (excludes halogenated alkanes) is 13. The summed E-state index contributed by atoms with van der Waals surface area (Å²) in [5.41, 5.74) is 0. The molecule has 0 aliphatic rings. The third kappa shape index (κ3) is 40.0. The van der Waals surface area contributed by atoms with Gasteiger partial charge in [0, 0.05) is 45.3 Å². The Bertz CT molecular complexity index is 1060. The van der Waals surface area contributed by atoms with Gasteiger partial charge in [0.05, 0.1) is 45.7 Å². The van der Waals surface area contributed by atoms with Crippen molar-refractivity contribution in [3.63, 3.8) is 0 Å². The number of carboxylic acid groups (broad SMARTS) is 2. The summed E-state index contributed by atoms with van der Waals surface area (Å²) in [6.07, 6.45) is 17.9. The van der Waals surface area contributed by atoms with Crippen LogP contribution in [0.5, 0.6) is 0 Å².